The summed E-state index contributed by atoms with van der Waals surface area (Å²) in [5.74, 6) is 0. The van der Waals surface area contributed by atoms with Crippen LogP contribution in [-0.2, 0) is 21.1 Å². The van der Waals surface area contributed by atoms with E-state index in [0.717, 1.165) is 36.2 Å². The number of nitrogens with one attached hydrogen (secondary N) is 1. The van der Waals surface area contributed by atoms with Gasteiger partial charge in [0.25, 0.3) is 9.84 Å². The van der Waals surface area contributed by atoms with Crippen LogP contribution in [0.1, 0.15) is 32.3 Å². The van der Waals surface area contributed by atoms with Crippen molar-refractivity contribution in [1.29, 1.82) is 0 Å². The molecule has 0 spiro atoms. The minimum atomic E-state index is -5.40. The van der Waals surface area contributed by atoms with Gasteiger partial charge in [-0.2, -0.15) is 13.2 Å². The second kappa shape index (κ2) is 10.3. The molecule has 0 atom stereocenters. The van der Waals surface area contributed by atoms with E-state index in [0.29, 0.717) is 31.2 Å². The summed E-state index contributed by atoms with van der Waals surface area (Å²) in [6.45, 7) is 4.99. The number of benzene rings is 1. The fraction of sp³-hybridized carbons (Fsp3) is 0.364. The monoisotopic (exact) mass is 498 g/mol. The van der Waals surface area contributed by atoms with Crippen LogP contribution in [0.3, 0.4) is 0 Å². The topological polar surface area (TPSA) is 91.8 Å². The Kier molecular flexibility index (Phi) is 7.70. The molecule has 8 nitrogen and oxygen atoms in total. The number of carbonyl (C=O) groups excluding carboxylic acids is 1. The van der Waals surface area contributed by atoms with Gasteiger partial charge in [0.1, 0.15) is 0 Å². The second-order valence-corrected chi connectivity index (χ2v) is 9.61. The summed E-state index contributed by atoms with van der Waals surface area (Å²) in [5, 5.41) is 2.70. The Morgan fingerprint density at radius 2 is 1.91 bits per heavy atom. The van der Waals surface area contributed by atoms with Crippen molar-refractivity contribution >= 4 is 27.3 Å². The molecule has 2 aromatic rings. The summed E-state index contributed by atoms with van der Waals surface area (Å²) in [7, 11) is -5.40. The molecule has 1 aliphatic heterocycles. The summed E-state index contributed by atoms with van der Waals surface area (Å²) in [4.78, 5) is 19.1. The van der Waals surface area contributed by atoms with E-state index in [1.165, 1.54) is 18.3 Å². The molecule has 3 rings (SSSR count). The Hall–Kier alpha value is -3.28. The van der Waals surface area contributed by atoms with Crippen LogP contribution in [0, 0.1) is 0 Å². The number of aromatic nitrogens is 1. The maximum Gasteiger partial charge on any atom is 0.501 e. The van der Waals surface area contributed by atoms with Crippen molar-refractivity contribution in [3.05, 3.63) is 60.2 Å². The van der Waals surface area contributed by atoms with E-state index < -0.39 is 26.3 Å². The fourth-order valence-corrected chi connectivity index (χ4v) is 4.02. The first-order chi connectivity index (χ1) is 16.0. The number of nitrogens with zero attached hydrogens (tertiary/aromatic N) is 3. The van der Waals surface area contributed by atoms with Gasteiger partial charge in [0.05, 0.1) is 30.1 Å². The lowest BCUT2D eigenvalue weighted by Gasteiger charge is -2.24. The molecule has 1 N–H and O–H groups in total. The third-order valence-electron chi connectivity index (χ3n) is 5.19. The van der Waals surface area contributed by atoms with Gasteiger partial charge in [0, 0.05) is 30.3 Å². The van der Waals surface area contributed by atoms with Crippen molar-refractivity contribution in [2.45, 2.75) is 43.6 Å². The number of hydrogen-bond acceptors (Lipinski definition) is 7. The number of ether oxygens (including phenoxy) is 1. The lowest BCUT2D eigenvalue weighted by atomic mass is 10.2. The second-order valence-electron chi connectivity index (χ2n) is 7.67. The van der Waals surface area contributed by atoms with E-state index in [-0.39, 0.29) is 0 Å². The average Bonchev–Trinajstić information content (AvgIpc) is 3.15. The zero-order valence-electron chi connectivity index (χ0n) is 18.7. The van der Waals surface area contributed by atoms with Gasteiger partial charge in [-0.15, -0.1) is 0 Å². The third-order valence-corrected chi connectivity index (χ3v) is 6.69. The van der Waals surface area contributed by atoms with Crippen LogP contribution in [0.5, 0.6) is 0 Å². The molecule has 0 bridgehead atoms. The summed E-state index contributed by atoms with van der Waals surface area (Å²) < 4.78 is 66.6. The number of halogens is 3. The molecule has 34 heavy (non-hydrogen) atoms. The van der Waals surface area contributed by atoms with Crippen molar-refractivity contribution in [2.75, 3.05) is 23.5 Å². The number of sulfone groups is 1. The highest BCUT2D eigenvalue weighted by Crippen LogP contribution is 2.32. The number of pyridine rings is 1. The van der Waals surface area contributed by atoms with E-state index in [1.807, 2.05) is 18.7 Å². The van der Waals surface area contributed by atoms with Gasteiger partial charge in [-0.3, -0.25) is 10.3 Å². The summed E-state index contributed by atoms with van der Waals surface area (Å²) in [6.07, 6.45) is 6.05. The molecule has 1 amide bonds. The molecule has 0 unspecified atom stereocenters. The predicted molar refractivity (Wildman–Crippen MR) is 120 cm³/mol. The highest BCUT2D eigenvalue weighted by molar-refractivity contribution is 7.92. The minimum absolute atomic E-state index is 0.323. The first-order valence-electron chi connectivity index (χ1n) is 10.5. The van der Waals surface area contributed by atoms with Gasteiger partial charge in [0.15, 0.2) is 0 Å². The fourth-order valence-electron chi connectivity index (χ4n) is 3.26. The lowest BCUT2D eigenvalue weighted by molar-refractivity contribution is -0.0436. The third kappa shape index (κ3) is 5.79. The number of anilines is 2. The van der Waals surface area contributed by atoms with Crippen LogP contribution in [0.4, 0.5) is 29.3 Å². The number of amides is 1. The molecule has 0 radical (unpaired) electrons. The number of hydrogen-bond donors (Lipinski definition) is 1. The van der Waals surface area contributed by atoms with Crippen molar-refractivity contribution in [2.24, 2.45) is 0 Å². The van der Waals surface area contributed by atoms with Crippen LogP contribution < -0.4 is 10.2 Å². The molecule has 0 saturated heterocycles. The van der Waals surface area contributed by atoms with Crippen LogP contribution in [0.25, 0.3) is 0 Å². The van der Waals surface area contributed by atoms with Crippen molar-refractivity contribution in [1.82, 2.24) is 9.88 Å². The zero-order chi connectivity index (χ0) is 24.9. The average molecular weight is 499 g/mol. The SMILES string of the molecule is CCCCOC(=O)Nc1cnccc1CN1CN(c2ccc(S(=O)(=O)C(F)(F)F)cc2)C=C1C. The molecule has 1 aliphatic rings. The Balaban J connectivity index is 1.68. The number of alkyl halides is 3. The van der Waals surface area contributed by atoms with Crippen LogP contribution in [-0.4, -0.2) is 43.2 Å². The molecule has 1 aromatic heterocycles. The van der Waals surface area contributed by atoms with Crippen molar-refractivity contribution in [3.63, 3.8) is 0 Å². The van der Waals surface area contributed by atoms with Gasteiger partial charge in [0.2, 0.25) is 0 Å². The molecule has 2 heterocycles. The number of allylic oxidation sites excluding steroid dienone is 1. The Bertz CT molecular complexity index is 1150. The van der Waals surface area contributed by atoms with Crippen molar-refractivity contribution < 1.29 is 31.1 Å². The van der Waals surface area contributed by atoms with E-state index in [4.69, 9.17) is 4.74 Å². The minimum Gasteiger partial charge on any atom is -0.449 e. The molecule has 0 saturated carbocycles. The molecular formula is C22H25F3N4O4S. The first-order valence-corrected chi connectivity index (χ1v) is 12.0. The van der Waals surface area contributed by atoms with E-state index in [2.05, 4.69) is 10.3 Å². The Morgan fingerprint density at radius 3 is 2.56 bits per heavy atom. The Morgan fingerprint density at radius 1 is 1.21 bits per heavy atom. The quantitative estimate of drug-likeness (QED) is 0.520. The maximum absolute atomic E-state index is 12.8. The van der Waals surface area contributed by atoms with Gasteiger partial charge in [-0.1, -0.05) is 13.3 Å². The number of unbranched alkanes of at least 4 members (excludes halogenated alkanes) is 1. The maximum atomic E-state index is 12.8. The molecule has 0 aliphatic carbocycles. The van der Waals surface area contributed by atoms with E-state index >= 15 is 0 Å². The lowest BCUT2D eigenvalue weighted by Crippen LogP contribution is -2.27. The van der Waals surface area contributed by atoms with Gasteiger partial charge in [-0.05, 0) is 49.2 Å². The molecular weight excluding hydrogens is 473 g/mol. The highest BCUT2D eigenvalue weighted by Gasteiger charge is 2.46. The van der Waals surface area contributed by atoms with Crippen LogP contribution >= 0.6 is 0 Å². The largest absolute Gasteiger partial charge is 0.501 e. The predicted octanol–water partition coefficient (Wildman–Crippen LogP) is 4.86. The molecule has 0 fully saturated rings. The van der Waals surface area contributed by atoms with Gasteiger partial charge < -0.3 is 14.5 Å². The number of carbonyl (C=O) groups is 1. The standard InChI is InChI=1S/C22H25F3N4O4S/c1-3-4-11-33-21(30)27-20-12-26-10-9-17(20)14-28-15-29(13-16(28)2)18-5-7-19(8-6-18)34(31,32)22(23,24)25/h5-10,12-13H,3-4,11,14-15H2,1-2H3,(H,27,30). The van der Waals surface area contributed by atoms with Crippen molar-refractivity contribution in [3.8, 4) is 0 Å². The van der Waals surface area contributed by atoms with Gasteiger partial charge in [-0.25, -0.2) is 13.2 Å². The van der Waals surface area contributed by atoms with E-state index in [1.54, 1.807) is 23.4 Å². The van der Waals surface area contributed by atoms with Crippen LogP contribution in [0.2, 0.25) is 0 Å². The Labute approximate surface area is 195 Å². The van der Waals surface area contributed by atoms with E-state index in [9.17, 15) is 26.4 Å². The molecule has 12 heteroatoms. The smallest absolute Gasteiger partial charge is 0.449 e. The zero-order valence-corrected chi connectivity index (χ0v) is 19.5. The summed E-state index contributed by atoms with van der Waals surface area (Å²) >= 11 is 0. The highest BCUT2D eigenvalue weighted by atomic mass is 32.2. The number of rotatable bonds is 8. The first kappa shape index (κ1) is 25.3. The normalized spacial score (nSPS) is 14.2. The molecule has 1 aromatic carbocycles. The molecule has 184 valence electrons. The summed E-state index contributed by atoms with van der Waals surface area (Å²) in [6, 6.07) is 6.32. The van der Waals surface area contributed by atoms with Gasteiger partial charge >= 0.3 is 11.6 Å². The summed E-state index contributed by atoms with van der Waals surface area (Å²) in [5.41, 5.74) is -2.63. The van der Waals surface area contributed by atoms with Crippen LogP contribution in [0.15, 0.2) is 59.5 Å².